The Morgan fingerprint density at radius 2 is 1.70 bits per heavy atom. The monoisotopic (exact) mass is 157 g/mol. The minimum atomic E-state index is -0.331. The Hall–Kier alpha value is -1.14. The van der Waals surface area contributed by atoms with Crippen LogP contribution in [-0.4, -0.2) is 0 Å². The standard InChI is InChI=1S/C6H4FN2.ClH/c7-5-1-3-6(9-8)4-2-5;/h1-4H;1H/q+1;/p-1/i7-1;. The predicted molar refractivity (Wildman–Crippen MR) is 31.1 cm³/mol. The molecule has 0 aliphatic heterocycles. The van der Waals surface area contributed by atoms with Gasteiger partial charge in [-0.05, 0) is 12.1 Å². The highest BCUT2D eigenvalue weighted by Gasteiger charge is 2.00. The van der Waals surface area contributed by atoms with Gasteiger partial charge in [0.1, 0.15) is 5.82 Å². The van der Waals surface area contributed by atoms with Gasteiger partial charge in [-0.1, -0.05) is 0 Å². The van der Waals surface area contributed by atoms with E-state index in [1.54, 1.807) is 0 Å². The number of benzene rings is 1. The van der Waals surface area contributed by atoms with E-state index in [0.717, 1.165) is 0 Å². The van der Waals surface area contributed by atoms with Crippen LogP contribution in [0, 0.1) is 11.2 Å². The molecular formula is C6H4ClFN2. The minimum Gasteiger partial charge on any atom is -1.00 e. The molecule has 52 valence electrons. The molecule has 4 heteroatoms. The average Bonchev–Trinajstić information content (AvgIpc) is 1.90. The Morgan fingerprint density at radius 3 is 2.10 bits per heavy atom. The molecule has 0 radical (unpaired) electrons. The number of halogens is 2. The summed E-state index contributed by atoms with van der Waals surface area (Å²) in [6.07, 6.45) is 0. The first-order chi connectivity index (χ1) is 4.33. The van der Waals surface area contributed by atoms with Gasteiger partial charge in [-0.25, -0.2) is 4.39 Å². The van der Waals surface area contributed by atoms with Crippen molar-refractivity contribution in [3.8, 4) is 0 Å². The van der Waals surface area contributed by atoms with Crippen LogP contribution < -0.4 is 12.4 Å². The van der Waals surface area contributed by atoms with Crippen molar-refractivity contribution in [2.75, 3.05) is 0 Å². The lowest BCUT2D eigenvalue weighted by Crippen LogP contribution is -3.00. The van der Waals surface area contributed by atoms with Crippen LogP contribution in [0.2, 0.25) is 0 Å². The highest BCUT2D eigenvalue weighted by molar-refractivity contribution is 5.42. The van der Waals surface area contributed by atoms with E-state index < -0.39 is 0 Å². The molecule has 1 rings (SSSR count). The first-order valence-electron chi connectivity index (χ1n) is 2.43. The van der Waals surface area contributed by atoms with Crippen LogP contribution in [-0.2, 0) is 0 Å². The van der Waals surface area contributed by atoms with Crippen LogP contribution in [0.1, 0.15) is 0 Å². The zero-order valence-electron chi connectivity index (χ0n) is 4.96. The van der Waals surface area contributed by atoms with Crippen molar-refractivity contribution >= 4 is 5.69 Å². The van der Waals surface area contributed by atoms with Gasteiger partial charge < -0.3 is 12.4 Å². The highest BCUT2D eigenvalue weighted by atomic mass is 35.5. The molecule has 0 fully saturated rings. The van der Waals surface area contributed by atoms with Crippen molar-refractivity contribution in [1.29, 1.82) is 5.39 Å². The highest BCUT2D eigenvalue weighted by Crippen LogP contribution is 2.10. The van der Waals surface area contributed by atoms with E-state index in [4.69, 9.17) is 5.39 Å². The maximum atomic E-state index is 12.1. The summed E-state index contributed by atoms with van der Waals surface area (Å²) in [4.78, 5) is 2.84. The van der Waals surface area contributed by atoms with E-state index in [1.165, 1.54) is 24.3 Å². The Kier molecular flexibility index (Phi) is 3.37. The zero-order chi connectivity index (χ0) is 6.69. The van der Waals surface area contributed by atoms with Crippen LogP contribution in [0.25, 0.3) is 4.98 Å². The third-order valence-corrected chi connectivity index (χ3v) is 0.942. The van der Waals surface area contributed by atoms with Crippen LogP contribution in [0.5, 0.6) is 0 Å². The van der Waals surface area contributed by atoms with E-state index in [2.05, 4.69) is 4.98 Å². The molecular weight excluding hydrogens is 154 g/mol. The summed E-state index contributed by atoms with van der Waals surface area (Å²) in [6, 6.07) is 5.23. The van der Waals surface area contributed by atoms with Gasteiger partial charge in [-0.2, -0.15) is 0 Å². The quantitative estimate of drug-likeness (QED) is 0.459. The lowest BCUT2D eigenvalue weighted by atomic mass is 10.3. The Morgan fingerprint density at radius 1 is 1.20 bits per heavy atom. The van der Waals surface area contributed by atoms with Gasteiger partial charge in [0, 0.05) is 12.1 Å². The fraction of sp³-hybridized carbons (Fsp3) is 0. The van der Waals surface area contributed by atoms with Gasteiger partial charge in [-0.3, -0.25) is 0 Å². The molecule has 10 heavy (non-hydrogen) atoms. The van der Waals surface area contributed by atoms with Gasteiger partial charge in [0.25, 0.3) is 0 Å². The summed E-state index contributed by atoms with van der Waals surface area (Å²) in [5, 5.41) is 8.13. The second-order valence-corrected chi connectivity index (χ2v) is 1.58. The average molecular weight is 158 g/mol. The molecule has 1 aromatic rings. The SMILES string of the molecule is N#[N+]c1ccc([18F])cc1.[Cl-]. The Balaban J connectivity index is 0.000000810. The number of rotatable bonds is 0. The van der Waals surface area contributed by atoms with Crippen molar-refractivity contribution in [1.82, 2.24) is 0 Å². The van der Waals surface area contributed by atoms with E-state index in [9.17, 15) is 4.39 Å². The molecule has 0 aromatic heterocycles. The van der Waals surface area contributed by atoms with Gasteiger partial charge in [0.15, 0.2) is 4.98 Å². The molecule has 0 unspecified atom stereocenters. The van der Waals surface area contributed by atoms with Crippen molar-refractivity contribution < 1.29 is 16.8 Å². The molecule has 1 aromatic carbocycles. The molecule has 0 spiro atoms. The van der Waals surface area contributed by atoms with Crippen LogP contribution in [0.4, 0.5) is 10.1 Å². The Labute approximate surface area is 63.7 Å². The molecule has 0 heterocycles. The zero-order valence-corrected chi connectivity index (χ0v) is 5.72. The molecule has 0 saturated heterocycles. The minimum absolute atomic E-state index is 0. The van der Waals surface area contributed by atoms with E-state index in [-0.39, 0.29) is 18.2 Å². The predicted octanol–water partition coefficient (Wildman–Crippen LogP) is -0.686. The van der Waals surface area contributed by atoms with E-state index in [0.29, 0.717) is 5.69 Å². The summed E-state index contributed by atoms with van der Waals surface area (Å²) in [5.41, 5.74) is 0.358. The normalized spacial score (nSPS) is 7.60. The largest absolute Gasteiger partial charge is 1.00 e. The molecule has 0 N–H and O–H groups in total. The first kappa shape index (κ1) is 8.86. The smallest absolute Gasteiger partial charge is 0.385 e. The van der Waals surface area contributed by atoms with Crippen LogP contribution in [0.15, 0.2) is 24.3 Å². The summed E-state index contributed by atoms with van der Waals surface area (Å²) in [6.45, 7) is 0. The summed E-state index contributed by atoms with van der Waals surface area (Å²) in [7, 11) is 0. The van der Waals surface area contributed by atoms with Crippen molar-refractivity contribution in [2.24, 2.45) is 0 Å². The molecule has 0 atom stereocenters. The second-order valence-electron chi connectivity index (χ2n) is 1.58. The maximum Gasteiger partial charge on any atom is 0.385 e. The third-order valence-electron chi connectivity index (χ3n) is 0.942. The molecule has 0 bridgehead atoms. The topological polar surface area (TPSA) is 28.1 Å². The van der Waals surface area contributed by atoms with Crippen LogP contribution >= 0.6 is 0 Å². The molecule has 0 amide bonds. The van der Waals surface area contributed by atoms with Gasteiger partial charge in [-0.15, -0.1) is 0 Å². The number of nitrogens with zero attached hydrogens (tertiary/aromatic N) is 2. The fourth-order valence-electron chi connectivity index (χ4n) is 0.508. The molecule has 0 aliphatic carbocycles. The Bertz CT molecular complexity index is 239. The summed E-state index contributed by atoms with van der Waals surface area (Å²) >= 11 is 0. The van der Waals surface area contributed by atoms with E-state index >= 15 is 0 Å². The molecule has 0 aliphatic rings. The summed E-state index contributed by atoms with van der Waals surface area (Å²) < 4.78 is 12.1. The lowest BCUT2D eigenvalue weighted by Gasteiger charge is -1.77. The van der Waals surface area contributed by atoms with Gasteiger partial charge in [0.05, 0.1) is 0 Å². The van der Waals surface area contributed by atoms with Crippen molar-refractivity contribution in [3.05, 3.63) is 35.1 Å². The lowest BCUT2D eigenvalue weighted by molar-refractivity contribution is -0.00000267. The second kappa shape index (κ2) is 3.80. The van der Waals surface area contributed by atoms with Crippen molar-refractivity contribution in [2.45, 2.75) is 0 Å². The third kappa shape index (κ3) is 2.00. The first-order valence-corrected chi connectivity index (χ1v) is 2.43. The number of hydrogen-bond acceptors (Lipinski definition) is 1. The molecule has 2 nitrogen and oxygen atoms in total. The van der Waals surface area contributed by atoms with E-state index in [1.807, 2.05) is 0 Å². The number of hydrogen-bond donors (Lipinski definition) is 0. The summed E-state index contributed by atoms with van der Waals surface area (Å²) in [5.74, 6) is -0.331. The van der Waals surface area contributed by atoms with Crippen molar-refractivity contribution in [3.63, 3.8) is 0 Å². The number of diazo groups is 1. The fourth-order valence-corrected chi connectivity index (χ4v) is 0.508. The molecule has 0 saturated carbocycles. The van der Waals surface area contributed by atoms with Gasteiger partial charge in [0.2, 0.25) is 5.39 Å². The maximum absolute atomic E-state index is 12.1. The van der Waals surface area contributed by atoms with Gasteiger partial charge >= 0.3 is 5.69 Å². The van der Waals surface area contributed by atoms with Crippen LogP contribution in [0.3, 0.4) is 0 Å².